The van der Waals surface area contributed by atoms with Crippen LogP contribution in [0.4, 0.5) is 0 Å². The lowest BCUT2D eigenvalue weighted by Gasteiger charge is -2.38. The number of hydrogen-bond donors (Lipinski definition) is 0. The molecular formula is C8H13IO. The van der Waals surface area contributed by atoms with Crippen molar-refractivity contribution in [2.75, 3.05) is 0 Å². The number of ether oxygens (including phenoxy) is 1. The van der Waals surface area contributed by atoms with E-state index in [1.807, 2.05) is 0 Å². The van der Waals surface area contributed by atoms with Crippen LogP contribution in [0, 0.1) is 0 Å². The first kappa shape index (κ1) is 7.35. The molecule has 0 aromatic rings. The summed E-state index contributed by atoms with van der Waals surface area (Å²) in [6.07, 6.45) is 7.96. The third kappa shape index (κ3) is 1.33. The maximum Gasteiger partial charge on any atom is 0.0696 e. The van der Waals surface area contributed by atoms with Gasteiger partial charge in [0.1, 0.15) is 0 Å². The highest BCUT2D eigenvalue weighted by molar-refractivity contribution is 14.1. The molecule has 0 N–H and O–H groups in total. The molecule has 0 unspecified atom stereocenters. The van der Waals surface area contributed by atoms with E-state index >= 15 is 0 Å². The van der Waals surface area contributed by atoms with Crippen LogP contribution in [0.2, 0.25) is 0 Å². The third-order valence-corrected chi connectivity index (χ3v) is 3.97. The van der Waals surface area contributed by atoms with Crippen molar-refractivity contribution in [3.63, 3.8) is 0 Å². The Kier molecular flexibility index (Phi) is 2.18. The molecule has 0 aliphatic carbocycles. The van der Waals surface area contributed by atoms with E-state index in [1.54, 1.807) is 0 Å². The molecule has 0 aromatic heterocycles. The van der Waals surface area contributed by atoms with E-state index in [0.29, 0.717) is 12.2 Å². The largest absolute Gasteiger partial charge is 0.374 e. The second-order valence-electron chi connectivity index (χ2n) is 3.32. The van der Waals surface area contributed by atoms with Crippen LogP contribution in [0.25, 0.3) is 0 Å². The molecule has 58 valence electrons. The van der Waals surface area contributed by atoms with Gasteiger partial charge in [-0.05, 0) is 32.1 Å². The van der Waals surface area contributed by atoms with E-state index in [4.69, 9.17) is 4.74 Å². The Morgan fingerprint density at radius 1 is 1.10 bits per heavy atom. The van der Waals surface area contributed by atoms with Crippen molar-refractivity contribution in [2.24, 2.45) is 0 Å². The first-order valence-corrected chi connectivity index (χ1v) is 5.40. The number of rotatable bonds is 0. The van der Waals surface area contributed by atoms with Gasteiger partial charge in [-0.1, -0.05) is 22.6 Å². The number of hydrogen-bond acceptors (Lipinski definition) is 1. The smallest absolute Gasteiger partial charge is 0.0696 e. The second kappa shape index (κ2) is 2.97. The summed E-state index contributed by atoms with van der Waals surface area (Å²) in [5, 5.41) is 0. The maximum absolute atomic E-state index is 5.83. The Morgan fingerprint density at radius 3 is 2.80 bits per heavy atom. The Labute approximate surface area is 75.7 Å². The molecule has 1 nitrogen and oxygen atoms in total. The molecule has 10 heavy (non-hydrogen) atoms. The van der Waals surface area contributed by atoms with Crippen LogP contribution < -0.4 is 0 Å². The van der Waals surface area contributed by atoms with Crippen molar-refractivity contribution in [3.05, 3.63) is 0 Å². The van der Waals surface area contributed by atoms with Gasteiger partial charge in [-0.3, -0.25) is 0 Å². The molecule has 0 radical (unpaired) electrons. The van der Waals surface area contributed by atoms with Crippen LogP contribution in [0.5, 0.6) is 0 Å². The standard InChI is InChI=1S/C8H13IO/c9-7-5-4-6-2-1-3-8(7)10-6/h6-8H,1-5H2/t6-,7-,8-/m1/s1. The minimum atomic E-state index is 0.605. The van der Waals surface area contributed by atoms with Crippen molar-refractivity contribution < 1.29 is 4.74 Å². The van der Waals surface area contributed by atoms with Gasteiger partial charge >= 0.3 is 0 Å². The summed E-state index contributed by atoms with van der Waals surface area (Å²) < 4.78 is 6.63. The zero-order valence-corrected chi connectivity index (χ0v) is 8.21. The first-order chi connectivity index (χ1) is 4.86. The van der Waals surface area contributed by atoms with Crippen LogP contribution in [0.15, 0.2) is 0 Å². The molecule has 2 saturated heterocycles. The Hall–Kier alpha value is 0.690. The van der Waals surface area contributed by atoms with E-state index in [2.05, 4.69) is 22.6 Å². The van der Waals surface area contributed by atoms with E-state index in [0.717, 1.165) is 3.92 Å². The quantitative estimate of drug-likeness (QED) is 0.475. The molecule has 2 bridgehead atoms. The van der Waals surface area contributed by atoms with Gasteiger partial charge in [0.05, 0.1) is 12.2 Å². The predicted molar refractivity (Wildman–Crippen MR) is 49.6 cm³/mol. The first-order valence-electron chi connectivity index (χ1n) is 4.16. The minimum Gasteiger partial charge on any atom is -0.374 e. The Morgan fingerprint density at radius 2 is 2.00 bits per heavy atom. The van der Waals surface area contributed by atoms with Crippen LogP contribution in [0.3, 0.4) is 0 Å². The minimum absolute atomic E-state index is 0.605. The monoisotopic (exact) mass is 252 g/mol. The van der Waals surface area contributed by atoms with Gasteiger partial charge in [0.25, 0.3) is 0 Å². The lowest BCUT2D eigenvalue weighted by Crippen LogP contribution is -2.38. The SMILES string of the molecule is I[C@@H]1CC[C@H]2CCC[C@H]1O2. The highest BCUT2D eigenvalue weighted by Crippen LogP contribution is 2.34. The summed E-state index contributed by atoms with van der Waals surface area (Å²) in [4.78, 5) is 0. The topological polar surface area (TPSA) is 9.23 Å². The van der Waals surface area contributed by atoms with Crippen LogP contribution in [-0.2, 0) is 4.74 Å². The summed E-state index contributed by atoms with van der Waals surface area (Å²) in [6.45, 7) is 0. The van der Waals surface area contributed by atoms with Crippen molar-refractivity contribution in [2.45, 2.75) is 48.2 Å². The highest BCUT2D eigenvalue weighted by Gasteiger charge is 2.32. The predicted octanol–water partition coefficient (Wildman–Crippen LogP) is 2.52. The molecule has 0 aromatic carbocycles. The zero-order valence-electron chi connectivity index (χ0n) is 6.05. The molecule has 0 amide bonds. The van der Waals surface area contributed by atoms with Crippen molar-refractivity contribution in [1.82, 2.24) is 0 Å². The highest BCUT2D eigenvalue weighted by atomic mass is 127. The van der Waals surface area contributed by atoms with Gasteiger partial charge in [0, 0.05) is 3.92 Å². The molecule has 2 rings (SSSR count). The molecular weight excluding hydrogens is 239 g/mol. The maximum atomic E-state index is 5.83. The van der Waals surface area contributed by atoms with Gasteiger partial charge < -0.3 is 4.74 Å². The molecule has 2 heterocycles. The molecule has 0 saturated carbocycles. The lowest BCUT2D eigenvalue weighted by molar-refractivity contribution is -0.0755. The van der Waals surface area contributed by atoms with E-state index in [-0.39, 0.29) is 0 Å². The lowest BCUT2D eigenvalue weighted by atomic mass is 9.92. The van der Waals surface area contributed by atoms with Crippen LogP contribution in [0.1, 0.15) is 32.1 Å². The molecule has 2 heteroatoms. The van der Waals surface area contributed by atoms with Crippen LogP contribution >= 0.6 is 22.6 Å². The van der Waals surface area contributed by atoms with Gasteiger partial charge in [0.15, 0.2) is 0 Å². The summed E-state index contributed by atoms with van der Waals surface area (Å²) in [5.74, 6) is 0. The fraction of sp³-hybridized carbons (Fsp3) is 1.00. The van der Waals surface area contributed by atoms with E-state index < -0.39 is 0 Å². The van der Waals surface area contributed by atoms with E-state index in [1.165, 1.54) is 32.1 Å². The average Bonchev–Trinajstić information content (AvgIpc) is 1.99. The second-order valence-corrected chi connectivity index (χ2v) is 4.92. The summed E-state index contributed by atoms with van der Waals surface area (Å²) in [5.41, 5.74) is 0. The number of halogens is 1. The molecule has 0 spiro atoms. The van der Waals surface area contributed by atoms with Gasteiger partial charge in [-0.15, -0.1) is 0 Å². The van der Waals surface area contributed by atoms with Crippen LogP contribution in [-0.4, -0.2) is 16.1 Å². The van der Waals surface area contributed by atoms with Crippen molar-refractivity contribution >= 4 is 22.6 Å². The zero-order chi connectivity index (χ0) is 6.97. The van der Waals surface area contributed by atoms with Crippen molar-refractivity contribution in [1.29, 1.82) is 0 Å². The molecule has 2 aliphatic rings. The average molecular weight is 252 g/mol. The van der Waals surface area contributed by atoms with Gasteiger partial charge in [-0.25, -0.2) is 0 Å². The molecule has 2 aliphatic heterocycles. The van der Waals surface area contributed by atoms with Gasteiger partial charge in [0.2, 0.25) is 0 Å². The van der Waals surface area contributed by atoms with Crippen molar-refractivity contribution in [3.8, 4) is 0 Å². The normalized spacial score (nSPS) is 47.1. The summed E-state index contributed by atoms with van der Waals surface area (Å²) >= 11 is 2.54. The number of alkyl halides is 1. The number of fused-ring (bicyclic) bond motifs is 2. The fourth-order valence-electron chi connectivity index (χ4n) is 1.94. The fourth-order valence-corrected chi connectivity index (χ4v) is 2.83. The summed E-state index contributed by atoms with van der Waals surface area (Å²) in [6, 6.07) is 0. The molecule has 3 atom stereocenters. The molecule has 2 fully saturated rings. The summed E-state index contributed by atoms with van der Waals surface area (Å²) in [7, 11) is 0. The Balaban J connectivity index is 2.00. The van der Waals surface area contributed by atoms with Gasteiger partial charge in [-0.2, -0.15) is 0 Å². The van der Waals surface area contributed by atoms with E-state index in [9.17, 15) is 0 Å². The third-order valence-electron chi connectivity index (χ3n) is 2.55. The Bertz CT molecular complexity index is 124.